The van der Waals surface area contributed by atoms with Gasteiger partial charge in [0.25, 0.3) is 0 Å². The molecule has 13 heavy (non-hydrogen) atoms. The van der Waals surface area contributed by atoms with Gasteiger partial charge in [-0.05, 0) is 43.4 Å². The Hall–Kier alpha value is -1.18. The van der Waals surface area contributed by atoms with Crippen molar-refractivity contribution in [1.82, 2.24) is 0 Å². The molecule has 0 radical (unpaired) electrons. The van der Waals surface area contributed by atoms with Crippen LogP contribution in [0.4, 0.5) is 0 Å². The maximum atomic E-state index is 3.55. The highest BCUT2D eigenvalue weighted by molar-refractivity contribution is 5.25. The molecule has 0 heteroatoms. The molecule has 2 atom stereocenters. The lowest BCUT2D eigenvalue weighted by molar-refractivity contribution is 0.875. The molecule has 1 aliphatic rings. The molecular formula is C13H16. The minimum atomic E-state index is 0.673. The summed E-state index contributed by atoms with van der Waals surface area (Å²) in [7, 11) is 0. The highest BCUT2D eigenvalue weighted by Gasteiger charge is 2.34. The van der Waals surface area contributed by atoms with Crippen molar-refractivity contribution >= 4 is 0 Å². The van der Waals surface area contributed by atoms with Crippen LogP contribution in [0, 0.1) is 11.8 Å². The summed E-state index contributed by atoms with van der Waals surface area (Å²) in [6.07, 6.45) is 6.34. The second-order valence-corrected chi connectivity index (χ2v) is 3.50. The standard InChI is InChI=1S/C13H16/c1-4-6-7-9-12(8-5-2)13-10-11(13)3/h6,9,11,13H,2,4,10H2,1,3H3. The zero-order chi connectivity index (χ0) is 9.68. The van der Waals surface area contributed by atoms with Crippen molar-refractivity contribution < 1.29 is 0 Å². The molecule has 1 fully saturated rings. The third kappa shape index (κ3) is 2.98. The Kier molecular flexibility index (Phi) is 3.62. The summed E-state index contributed by atoms with van der Waals surface area (Å²) in [6.45, 7) is 7.91. The molecule has 0 aliphatic heterocycles. The third-order valence-corrected chi connectivity index (χ3v) is 2.30. The first kappa shape index (κ1) is 9.90. The average molecular weight is 172 g/mol. The molecule has 0 nitrogen and oxygen atoms in total. The van der Waals surface area contributed by atoms with Gasteiger partial charge in [0.05, 0.1) is 0 Å². The van der Waals surface area contributed by atoms with Crippen molar-refractivity contribution in [2.24, 2.45) is 11.8 Å². The van der Waals surface area contributed by atoms with Gasteiger partial charge in [0.15, 0.2) is 0 Å². The Morgan fingerprint density at radius 2 is 2.31 bits per heavy atom. The van der Waals surface area contributed by atoms with Gasteiger partial charge in [-0.15, -0.1) is 5.73 Å². The second-order valence-electron chi connectivity index (χ2n) is 3.50. The SMILES string of the molecule is C=C=C=C(C=C=CCC)C1CC1C. The monoisotopic (exact) mass is 172 g/mol. The Morgan fingerprint density at radius 1 is 1.62 bits per heavy atom. The summed E-state index contributed by atoms with van der Waals surface area (Å²) in [5, 5.41) is 0. The quantitative estimate of drug-likeness (QED) is 0.450. The van der Waals surface area contributed by atoms with Gasteiger partial charge < -0.3 is 0 Å². The van der Waals surface area contributed by atoms with Crippen LogP contribution >= 0.6 is 0 Å². The first-order valence-corrected chi connectivity index (χ1v) is 4.85. The molecule has 0 saturated heterocycles. The topological polar surface area (TPSA) is 0 Å². The zero-order valence-corrected chi connectivity index (χ0v) is 8.43. The highest BCUT2D eigenvalue weighted by Crippen LogP contribution is 2.43. The second kappa shape index (κ2) is 4.75. The van der Waals surface area contributed by atoms with E-state index in [0.717, 1.165) is 12.3 Å². The average Bonchev–Trinajstić information content (AvgIpc) is 2.82. The molecule has 0 bridgehead atoms. The van der Waals surface area contributed by atoms with Crippen molar-refractivity contribution in [3.8, 4) is 0 Å². The molecule has 0 spiro atoms. The predicted octanol–water partition coefficient (Wildman–Crippen LogP) is 3.63. The number of rotatable bonds is 3. The van der Waals surface area contributed by atoms with Gasteiger partial charge in [-0.3, -0.25) is 0 Å². The molecular weight excluding hydrogens is 156 g/mol. The van der Waals surface area contributed by atoms with E-state index >= 15 is 0 Å². The molecule has 2 unspecified atom stereocenters. The summed E-state index contributed by atoms with van der Waals surface area (Å²) in [6, 6.07) is 0. The Labute approximate surface area is 80.7 Å². The normalized spacial score (nSPS) is 23.5. The van der Waals surface area contributed by atoms with E-state index in [1.54, 1.807) is 0 Å². The maximum Gasteiger partial charge on any atom is 0.0134 e. The molecule has 0 amide bonds. The fourth-order valence-electron chi connectivity index (χ4n) is 1.36. The van der Waals surface area contributed by atoms with E-state index in [2.05, 4.69) is 37.6 Å². The van der Waals surface area contributed by atoms with Gasteiger partial charge >= 0.3 is 0 Å². The van der Waals surface area contributed by atoms with E-state index in [-0.39, 0.29) is 0 Å². The maximum absolute atomic E-state index is 3.55. The van der Waals surface area contributed by atoms with Crippen LogP contribution in [0.3, 0.4) is 0 Å². The first-order chi connectivity index (χ1) is 6.29. The van der Waals surface area contributed by atoms with Crippen LogP contribution in [-0.4, -0.2) is 0 Å². The lowest BCUT2D eigenvalue weighted by atomic mass is 10.1. The van der Waals surface area contributed by atoms with Gasteiger partial charge in [0, 0.05) is 5.57 Å². The Balaban J connectivity index is 2.77. The molecule has 1 saturated carbocycles. The van der Waals surface area contributed by atoms with Gasteiger partial charge in [-0.2, -0.15) is 0 Å². The third-order valence-electron chi connectivity index (χ3n) is 2.30. The van der Waals surface area contributed by atoms with E-state index in [4.69, 9.17) is 0 Å². The molecule has 1 aliphatic carbocycles. The lowest BCUT2D eigenvalue weighted by Crippen LogP contribution is -1.79. The summed E-state index contributed by atoms with van der Waals surface area (Å²) in [5.74, 6) is 1.47. The van der Waals surface area contributed by atoms with Crippen molar-refractivity contribution in [2.45, 2.75) is 26.7 Å². The summed E-state index contributed by atoms with van der Waals surface area (Å²) < 4.78 is 0. The number of allylic oxidation sites excluding steroid dienone is 2. The van der Waals surface area contributed by atoms with E-state index < -0.39 is 0 Å². The van der Waals surface area contributed by atoms with Crippen LogP contribution in [0.15, 0.2) is 41.5 Å². The van der Waals surface area contributed by atoms with Crippen molar-refractivity contribution in [3.05, 3.63) is 41.5 Å². The van der Waals surface area contributed by atoms with Crippen molar-refractivity contribution in [3.63, 3.8) is 0 Å². The zero-order valence-electron chi connectivity index (χ0n) is 8.43. The highest BCUT2D eigenvalue weighted by atomic mass is 14.4. The molecule has 0 aromatic heterocycles. The fraction of sp³-hybridized carbons (Fsp3) is 0.462. The minimum absolute atomic E-state index is 0.673. The van der Waals surface area contributed by atoms with Crippen LogP contribution in [0.5, 0.6) is 0 Å². The van der Waals surface area contributed by atoms with Crippen molar-refractivity contribution in [1.29, 1.82) is 0 Å². The van der Waals surface area contributed by atoms with Crippen LogP contribution in [0.2, 0.25) is 0 Å². The molecule has 0 N–H and O–H groups in total. The largest absolute Gasteiger partial charge is 0.124 e. The van der Waals surface area contributed by atoms with Gasteiger partial charge in [0.2, 0.25) is 0 Å². The van der Waals surface area contributed by atoms with E-state index in [1.165, 1.54) is 12.0 Å². The Bertz CT molecular complexity index is 314. The summed E-state index contributed by atoms with van der Waals surface area (Å²) in [4.78, 5) is 0. The van der Waals surface area contributed by atoms with Gasteiger partial charge in [-0.25, -0.2) is 0 Å². The molecule has 0 aromatic rings. The van der Waals surface area contributed by atoms with E-state index in [9.17, 15) is 0 Å². The number of hydrogen-bond donors (Lipinski definition) is 0. The fourth-order valence-corrected chi connectivity index (χ4v) is 1.36. The lowest BCUT2D eigenvalue weighted by Gasteiger charge is -1.90. The van der Waals surface area contributed by atoms with Gasteiger partial charge in [-0.1, -0.05) is 25.3 Å². The van der Waals surface area contributed by atoms with Crippen LogP contribution in [0.1, 0.15) is 26.7 Å². The minimum Gasteiger partial charge on any atom is -0.124 e. The van der Waals surface area contributed by atoms with Crippen LogP contribution in [0.25, 0.3) is 0 Å². The predicted molar refractivity (Wildman–Crippen MR) is 56.4 cm³/mol. The summed E-state index contributed by atoms with van der Waals surface area (Å²) >= 11 is 0. The summed E-state index contributed by atoms with van der Waals surface area (Å²) in [5.41, 5.74) is 10.1. The van der Waals surface area contributed by atoms with Gasteiger partial charge in [0.1, 0.15) is 0 Å². The first-order valence-electron chi connectivity index (χ1n) is 4.85. The number of hydrogen-bond acceptors (Lipinski definition) is 0. The van der Waals surface area contributed by atoms with E-state index in [1.807, 2.05) is 12.2 Å². The Morgan fingerprint density at radius 3 is 2.77 bits per heavy atom. The molecule has 0 heterocycles. The van der Waals surface area contributed by atoms with E-state index in [0.29, 0.717) is 5.92 Å². The van der Waals surface area contributed by atoms with Crippen LogP contribution in [-0.2, 0) is 0 Å². The molecule has 68 valence electrons. The smallest absolute Gasteiger partial charge is 0.0134 e. The molecule has 0 aromatic carbocycles. The van der Waals surface area contributed by atoms with Crippen molar-refractivity contribution in [2.75, 3.05) is 0 Å². The van der Waals surface area contributed by atoms with Crippen LogP contribution < -0.4 is 0 Å². The molecule has 1 rings (SSSR count).